The molecular formula is C56H35NS2. The average Bonchev–Trinajstić information content (AvgIpc) is 3.99. The molecule has 0 saturated carbocycles. The summed E-state index contributed by atoms with van der Waals surface area (Å²) in [5, 5.41) is 6.45. The van der Waals surface area contributed by atoms with Crippen LogP contribution >= 0.6 is 22.7 Å². The Balaban J connectivity index is 1.18. The van der Waals surface area contributed by atoms with Crippen LogP contribution in [0.15, 0.2) is 212 Å². The van der Waals surface area contributed by atoms with Gasteiger partial charge in [-0.2, -0.15) is 0 Å². The molecule has 0 spiro atoms. The first-order valence-electron chi connectivity index (χ1n) is 20.1. The maximum atomic E-state index is 2.52. The summed E-state index contributed by atoms with van der Waals surface area (Å²) in [6, 6.07) is 78.4. The highest BCUT2D eigenvalue weighted by atomic mass is 32.1. The van der Waals surface area contributed by atoms with Crippen molar-refractivity contribution in [2.45, 2.75) is 0 Å². The lowest BCUT2D eigenvalue weighted by Gasteiger charge is -2.17. The molecule has 1 nitrogen and oxygen atoms in total. The van der Waals surface area contributed by atoms with Gasteiger partial charge in [0.05, 0.1) is 11.2 Å². The van der Waals surface area contributed by atoms with E-state index in [2.05, 4.69) is 217 Å². The zero-order valence-corrected chi connectivity index (χ0v) is 33.6. The summed E-state index contributed by atoms with van der Waals surface area (Å²) < 4.78 is 7.78. The highest BCUT2D eigenvalue weighted by molar-refractivity contribution is 7.26. The molecule has 0 aliphatic rings. The van der Waals surface area contributed by atoms with Gasteiger partial charge in [0.15, 0.2) is 0 Å². The summed E-state index contributed by atoms with van der Waals surface area (Å²) in [5.41, 5.74) is 14.3. The van der Waals surface area contributed by atoms with Gasteiger partial charge in [-0.1, -0.05) is 146 Å². The van der Waals surface area contributed by atoms with Gasteiger partial charge in [0.2, 0.25) is 0 Å². The van der Waals surface area contributed by atoms with Crippen molar-refractivity contribution in [3.63, 3.8) is 0 Å². The van der Waals surface area contributed by atoms with Crippen LogP contribution in [0.4, 0.5) is 0 Å². The van der Waals surface area contributed by atoms with E-state index < -0.39 is 0 Å². The second-order valence-electron chi connectivity index (χ2n) is 15.3. The quantitative estimate of drug-likeness (QED) is 0.158. The molecule has 0 fully saturated rings. The molecular weight excluding hydrogens is 751 g/mol. The van der Waals surface area contributed by atoms with E-state index in [0.29, 0.717) is 0 Å². The zero-order chi connectivity index (χ0) is 38.9. The molecule has 276 valence electrons. The second-order valence-corrected chi connectivity index (χ2v) is 17.4. The van der Waals surface area contributed by atoms with Crippen LogP contribution in [0.2, 0.25) is 0 Å². The lowest BCUT2D eigenvalue weighted by atomic mass is 9.95. The Labute approximate surface area is 350 Å². The van der Waals surface area contributed by atoms with Gasteiger partial charge in [0.1, 0.15) is 0 Å². The van der Waals surface area contributed by atoms with Gasteiger partial charge in [-0.15, -0.1) is 22.7 Å². The Morgan fingerprint density at radius 2 is 0.712 bits per heavy atom. The summed E-state index contributed by atoms with van der Waals surface area (Å²) in [7, 11) is 0. The summed E-state index contributed by atoms with van der Waals surface area (Å²) in [4.78, 5) is 0. The normalized spacial score (nSPS) is 11.7. The Hall–Kier alpha value is -7.04. The maximum absolute atomic E-state index is 2.52. The van der Waals surface area contributed by atoms with Crippen LogP contribution in [0.1, 0.15) is 0 Å². The number of nitrogens with zero attached hydrogens (tertiary/aromatic N) is 1. The lowest BCUT2D eigenvalue weighted by Crippen LogP contribution is -1.99. The first-order chi connectivity index (χ1) is 29.2. The van der Waals surface area contributed by atoms with Gasteiger partial charge in [0, 0.05) is 57.0 Å². The molecule has 3 aromatic heterocycles. The summed E-state index contributed by atoms with van der Waals surface area (Å²) in [6.45, 7) is 0. The highest BCUT2D eigenvalue weighted by Gasteiger charge is 2.23. The Bertz CT molecular complexity index is 3400. The topological polar surface area (TPSA) is 4.93 Å². The zero-order valence-electron chi connectivity index (χ0n) is 32.0. The van der Waals surface area contributed by atoms with Crippen molar-refractivity contribution >= 4 is 73.9 Å². The number of hydrogen-bond acceptors (Lipinski definition) is 2. The third kappa shape index (κ3) is 5.73. The average molecular weight is 786 g/mol. The van der Waals surface area contributed by atoms with Crippen LogP contribution in [0, 0.1) is 0 Å². The van der Waals surface area contributed by atoms with Crippen molar-refractivity contribution in [1.82, 2.24) is 4.57 Å². The third-order valence-electron chi connectivity index (χ3n) is 11.8. The second kappa shape index (κ2) is 13.8. The SMILES string of the molecule is c1ccc(-c2ccc3c(c2)c(-c2ccccc2)c(-c2ccccc2)n3-c2cc(-c3ccc4sc5ccccc5c4c3)cc(-c3ccc4sc5ccccc5c4c3)c2)cc1. The van der Waals surface area contributed by atoms with E-state index in [-0.39, 0.29) is 0 Å². The number of fused-ring (bicyclic) bond motifs is 7. The van der Waals surface area contributed by atoms with Crippen LogP contribution in [0.5, 0.6) is 0 Å². The van der Waals surface area contributed by atoms with E-state index in [9.17, 15) is 0 Å². The van der Waals surface area contributed by atoms with E-state index in [0.717, 1.165) is 5.69 Å². The van der Waals surface area contributed by atoms with Crippen molar-refractivity contribution < 1.29 is 0 Å². The largest absolute Gasteiger partial charge is 0.309 e. The summed E-state index contributed by atoms with van der Waals surface area (Å²) >= 11 is 3.73. The Kier molecular flexibility index (Phi) is 7.97. The first kappa shape index (κ1) is 34.0. The molecule has 0 aliphatic carbocycles. The van der Waals surface area contributed by atoms with Crippen LogP contribution in [-0.2, 0) is 0 Å². The predicted molar refractivity (Wildman–Crippen MR) is 256 cm³/mol. The minimum absolute atomic E-state index is 1.13. The van der Waals surface area contributed by atoms with Crippen LogP contribution in [0.25, 0.3) is 113 Å². The molecule has 12 aromatic rings. The van der Waals surface area contributed by atoms with Crippen LogP contribution in [-0.4, -0.2) is 4.57 Å². The van der Waals surface area contributed by atoms with E-state index >= 15 is 0 Å². The Morgan fingerprint density at radius 1 is 0.271 bits per heavy atom. The fourth-order valence-corrected chi connectivity index (χ4v) is 11.2. The van der Waals surface area contributed by atoms with Gasteiger partial charge in [-0.25, -0.2) is 0 Å². The number of hydrogen-bond donors (Lipinski definition) is 0. The lowest BCUT2D eigenvalue weighted by molar-refractivity contribution is 1.14. The fourth-order valence-electron chi connectivity index (χ4n) is 9.02. The smallest absolute Gasteiger partial charge is 0.0619 e. The first-order valence-corrected chi connectivity index (χ1v) is 21.7. The molecule has 12 rings (SSSR count). The molecule has 3 heteroatoms. The number of aromatic nitrogens is 1. The molecule has 0 amide bonds. The van der Waals surface area contributed by atoms with Gasteiger partial charge in [-0.3, -0.25) is 0 Å². The van der Waals surface area contributed by atoms with Crippen molar-refractivity contribution in [3.05, 3.63) is 212 Å². The highest BCUT2D eigenvalue weighted by Crippen LogP contribution is 2.46. The predicted octanol–water partition coefficient (Wildman–Crippen LogP) is 16.7. The number of rotatable bonds is 6. The van der Waals surface area contributed by atoms with Gasteiger partial charge >= 0.3 is 0 Å². The molecule has 59 heavy (non-hydrogen) atoms. The minimum atomic E-state index is 1.13. The standard InChI is InChI=1S/C56H35NS2/c1-4-14-36(15-5-1)39-24-27-50-49(35-39)55(37-16-6-2-7-17-37)56(38-18-8-3-9-19-38)57(50)44-31-42(40-25-28-53-47(33-40)45-20-10-12-22-51(45)58-53)30-43(32-44)41-26-29-54-48(34-41)46-21-11-13-23-52(46)59-54/h1-35H. The van der Waals surface area contributed by atoms with Crippen molar-refractivity contribution in [3.8, 4) is 61.5 Å². The van der Waals surface area contributed by atoms with Crippen molar-refractivity contribution in [1.29, 1.82) is 0 Å². The van der Waals surface area contributed by atoms with E-state index in [1.807, 2.05) is 22.7 Å². The fraction of sp³-hybridized carbons (Fsp3) is 0. The summed E-state index contributed by atoms with van der Waals surface area (Å²) in [6.07, 6.45) is 0. The molecule has 9 aromatic carbocycles. The number of thiophene rings is 2. The molecule has 0 bridgehead atoms. The monoisotopic (exact) mass is 785 g/mol. The van der Waals surface area contributed by atoms with Crippen molar-refractivity contribution in [2.24, 2.45) is 0 Å². The Morgan fingerprint density at radius 3 is 1.29 bits per heavy atom. The van der Waals surface area contributed by atoms with Crippen LogP contribution < -0.4 is 0 Å². The molecule has 3 heterocycles. The molecule has 0 unspecified atom stereocenters. The number of benzene rings is 9. The molecule has 0 radical (unpaired) electrons. The maximum Gasteiger partial charge on any atom is 0.0619 e. The minimum Gasteiger partial charge on any atom is -0.309 e. The third-order valence-corrected chi connectivity index (χ3v) is 14.1. The van der Waals surface area contributed by atoms with Crippen LogP contribution in [0.3, 0.4) is 0 Å². The molecule has 0 atom stereocenters. The summed E-state index contributed by atoms with van der Waals surface area (Å²) in [5.74, 6) is 0. The molecule has 0 aliphatic heterocycles. The molecule has 0 saturated heterocycles. The van der Waals surface area contributed by atoms with E-state index in [1.165, 1.54) is 107 Å². The van der Waals surface area contributed by atoms with Crippen molar-refractivity contribution in [2.75, 3.05) is 0 Å². The van der Waals surface area contributed by atoms with E-state index in [4.69, 9.17) is 0 Å². The molecule has 0 N–H and O–H groups in total. The van der Waals surface area contributed by atoms with E-state index in [1.54, 1.807) is 0 Å². The van der Waals surface area contributed by atoms with Gasteiger partial charge in [-0.05, 0) is 111 Å². The van der Waals surface area contributed by atoms with Gasteiger partial charge in [0.25, 0.3) is 0 Å². The van der Waals surface area contributed by atoms with Gasteiger partial charge < -0.3 is 4.57 Å².